The molecule has 0 atom stereocenters. The van der Waals surface area contributed by atoms with Crippen molar-refractivity contribution in [2.75, 3.05) is 6.54 Å². The summed E-state index contributed by atoms with van der Waals surface area (Å²) in [4.78, 5) is 24.5. The van der Waals surface area contributed by atoms with Gasteiger partial charge < -0.3 is 14.3 Å². The van der Waals surface area contributed by atoms with E-state index in [2.05, 4.69) is 15.6 Å². The summed E-state index contributed by atoms with van der Waals surface area (Å²) in [5.74, 6) is 0.397. The quantitative estimate of drug-likeness (QED) is 0.689. The van der Waals surface area contributed by atoms with Crippen LogP contribution in [0.4, 0.5) is 0 Å². The standard InChI is InChI=1S/C16H18N4O4S/c1-10-12(11(2)24-19-10)5-6-14(21)17-7-8-20-16(22)23-15(18-20)13-4-3-9-25-13/h3-4,9H,5-8H2,1-2H3,(H,17,21). The summed E-state index contributed by atoms with van der Waals surface area (Å²) >= 11 is 1.44. The molecule has 0 aliphatic heterocycles. The lowest BCUT2D eigenvalue weighted by atomic mass is 10.1. The zero-order valence-corrected chi connectivity index (χ0v) is 14.8. The molecule has 0 saturated carbocycles. The molecule has 3 rings (SSSR count). The second-order valence-electron chi connectivity index (χ2n) is 5.53. The predicted molar refractivity (Wildman–Crippen MR) is 91.4 cm³/mol. The fraction of sp³-hybridized carbons (Fsp3) is 0.375. The van der Waals surface area contributed by atoms with Gasteiger partial charge in [-0.25, -0.2) is 4.79 Å². The number of thiophene rings is 1. The number of nitrogens with zero attached hydrogens (tertiary/aromatic N) is 3. The van der Waals surface area contributed by atoms with Crippen molar-refractivity contribution in [3.05, 3.63) is 45.1 Å². The van der Waals surface area contributed by atoms with Gasteiger partial charge in [-0.05, 0) is 31.7 Å². The maximum atomic E-state index is 11.9. The minimum absolute atomic E-state index is 0.102. The SMILES string of the molecule is Cc1noc(C)c1CCC(=O)NCCn1nc(-c2cccs2)oc1=O. The number of amides is 1. The number of hydrogen-bond donors (Lipinski definition) is 1. The minimum atomic E-state index is -0.534. The Labute approximate surface area is 147 Å². The van der Waals surface area contributed by atoms with Crippen molar-refractivity contribution in [3.63, 3.8) is 0 Å². The van der Waals surface area contributed by atoms with Gasteiger partial charge in [-0.1, -0.05) is 11.2 Å². The van der Waals surface area contributed by atoms with Crippen LogP contribution in [0.2, 0.25) is 0 Å². The molecule has 0 bridgehead atoms. The first-order valence-corrected chi connectivity index (χ1v) is 8.73. The minimum Gasteiger partial charge on any atom is -0.387 e. The molecule has 3 aromatic rings. The Kier molecular flexibility index (Phi) is 5.13. The highest BCUT2D eigenvalue weighted by atomic mass is 32.1. The third-order valence-electron chi connectivity index (χ3n) is 3.77. The van der Waals surface area contributed by atoms with Crippen LogP contribution in [0.3, 0.4) is 0 Å². The van der Waals surface area contributed by atoms with E-state index in [-0.39, 0.29) is 12.5 Å². The summed E-state index contributed by atoms with van der Waals surface area (Å²) in [5, 5.41) is 12.7. The Bertz CT molecular complexity index is 888. The van der Waals surface area contributed by atoms with Crippen molar-refractivity contribution in [3.8, 4) is 10.8 Å². The number of aryl methyl sites for hydroxylation is 2. The van der Waals surface area contributed by atoms with Gasteiger partial charge in [0.25, 0.3) is 5.89 Å². The summed E-state index contributed by atoms with van der Waals surface area (Å²) in [6, 6.07) is 3.69. The molecular formula is C16H18N4O4S. The van der Waals surface area contributed by atoms with Gasteiger partial charge in [-0.2, -0.15) is 4.68 Å². The molecule has 0 spiro atoms. The van der Waals surface area contributed by atoms with E-state index in [1.807, 2.05) is 31.4 Å². The van der Waals surface area contributed by atoms with Gasteiger partial charge in [-0.3, -0.25) is 4.79 Å². The third kappa shape index (κ3) is 4.05. The molecule has 0 radical (unpaired) electrons. The molecule has 0 fully saturated rings. The van der Waals surface area contributed by atoms with E-state index in [1.54, 1.807) is 0 Å². The van der Waals surface area contributed by atoms with Crippen LogP contribution < -0.4 is 11.1 Å². The highest BCUT2D eigenvalue weighted by molar-refractivity contribution is 7.13. The highest BCUT2D eigenvalue weighted by Crippen LogP contribution is 2.20. The molecule has 0 aliphatic rings. The molecule has 1 amide bonds. The largest absolute Gasteiger partial charge is 0.437 e. The van der Waals surface area contributed by atoms with E-state index in [9.17, 15) is 9.59 Å². The van der Waals surface area contributed by atoms with Crippen molar-refractivity contribution in [1.29, 1.82) is 0 Å². The lowest BCUT2D eigenvalue weighted by molar-refractivity contribution is -0.121. The lowest BCUT2D eigenvalue weighted by Gasteiger charge is -2.04. The normalized spacial score (nSPS) is 11.0. The Morgan fingerprint density at radius 2 is 2.24 bits per heavy atom. The molecule has 1 N–H and O–H groups in total. The van der Waals surface area contributed by atoms with Gasteiger partial charge in [0.15, 0.2) is 0 Å². The van der Waals surface area contributed by atoms with Crippen molar-refractivity contribution in [2.24, 2.45) is 0 Å². The molecule has 0 aromatic carbocycles. The van der Waals surface area contributed by atoms with Crippen LogP contribution in [-0.4, -0.2) is 27.4 Å². The van der Waals surface area contributed by atoms with E-state index in [0.29, 0.717) is 25.3 Å². The lowest BCUT2D eigenvalue weighted by Crippen LogP contribution is -2.30. The zero-order valence-electron chi connectivity index (χ0n) is 13.9. The first kappa shape index (κ1) is 17.2. The van der Waals surface area contributed by atoms with E-state index in [1.165, 1.54) is 16.0 Å². The number of hydrogen-bond acceptors (Lipinski definition) is 7. The molecule has 0 aliphatic carbocycles. The van der Waals surface area contributed by atoms with Gasteiger partial charge in [0.1, 0.15) is 5.76 Å². The smallest absolute Gasteiger partial charge is 0.387 e. The third-order valence-corrected chi connectivity index (χ3v) is 4.63. The summed E-state index contributed by atoms with van der Waals surface area (Å²) in [7, 11) is 0. The average Bonchev–Trinajstić information content (AvgIpc) is 3.29. The number of rotatable bonds is 7. The van der Waals surface area contributed by atoms with Crippen molar-refractivity contribution >= 4 is 17.2 Å². The van der Waals surface area contributed by atoms with Crippen LogP contribution in [-0.2, 0) is 17.8 Å². The molecule has 9 heteroatoms. The Morgan fingerprint density at radius 3 is 2.92 bits per heavy atom. The monoisotopic (exact) mass is 362 g/mol. The van der Waals surface area contributed by atoms with Crippen molar-refractivity contribution in [2.45, 2.75) is 33.2 Å². The van der Waals surface area contributed by atoms with Crippen LogP contribution in [0.25, 0.3) is 10.8 Å². The average molecular weight is 362 g/mol. The van der Waals surface area contributed by atoms with Gasteiger partial charge in [0.2, 0.25) is 5.91 Å². The summed E-state index contributed by atoms with van der Waals surface area (Å²) < 4.78 is 11.4. The van der Waals surface area contributed by atoms with Gasteiger partial charge >= 0.3 is 5.76 Å². The van der Waals surface area contributed by atoms with Crippen molar-refractivity contribution < 1.29 is 13.7 Å². The first-order valence-electron chi connectivity index (χ1n) is 7.85. The molecule has 3 aromatic heterocycles. The van der Waals surface area contributed by atoms with Crippen LogP contribution in [0.15, 0.2) is 31.2 Å². The van der Waals surface area contributed by atoms with Crippen molar-refractivity contribution in [1.82, 2.24) is 20.3 Å². The fourth-order valence-corrected chi connectivity index (χ4v) is 3.08. The Morgan fingerprint density at radius 1 is 1.40 bits per heavy atom. The number of carbonyl (C=O) groups is 1. The molecule has 132 valence electrons. The van der Waals surface area contributed by atoms with E-state index in [0.717, 1.165) is 21.9 Å². The van der Waals surface area contributed by atoms with Crippen LogP contribution in [0.1, 0.15) is 23.4 Å². The number of carbonyl (C=O) groups excluding carboxylic acids is 1. The molecule has 3 heterocycles. The topological polar surface area (TPSA) is 103 Å². The summed E-state index contributed by atoms with van der Waals surface area (Å²) in [5.41, 5.74) is 1.77. The van der Waals surface area contributed by atoms with Gasteiger partial charge in [0, 0.05) is 18.5 Å². The maximum Gasteiger partial charge on any atom is 0.437 e. The van der Waals surface area contributed by atoms with Crippen LogP contribution in [0, 0.1) is 13.8 Å². The van der Waals surface area contributed by atoms with E-state index in [4.69, 9.17) is 8.94 Å². The first-order chi connectivity index (χ1) is 12.0. The molecule has 25 heavy (non-hydrogen) atoms. The summed E-state index contributed by atoms with van der Waals surface area (Å²) in [6.07, 6.45) is 0.899. The molecular weight excluding hydrogens is 344 g/mol. The predicted octanol–water partition coefficient (Wildman–Crippen LogP) is 1.92. The summed E-state index contributed by atoms with van der Waals surface area (Å²) in [6.45, 7) is 4.24. The van der Waals surface area contributed by atoms with Gasteiger partial charge in [-0.15, -0.1) is 16.4 Å². The van der Waals surface area contributed by atoms with Crippen LogP contribution >= 0.6 is 11.3 Å². The molecule has 0 saturated heterocycles. The highest BCUT2D eigenvalue weighted by Gasteiger charge is 2.13. The Balaban J connectivity index is 1.48. The number of nitrogens with one attached hydrogen (secondary N) is 1. The van der Waals surface area contributed by atoms with Gasteiger partial charge in [0.05, 0.1) is 17.1 Å². The number of aromatic nitrogens is 3. The Hall–Kier alpha value is -2.68. The second-order valence-corrected chi connectivity index (χ2v) is 6.47. The van der Waals surface area contributed by atoms with E-state index >= 15 is 0 Å². The van der Waals surface area contributed by atoms with Crippen LogP contribution in [0.5, 0.6) is 0 Å². The zero-order chi connectivity index (χ0) is 17.8. The molecule has 8 nitrogen and oxygen atoms in total. The molecule has 0 unspecified atom stereocenters. The van der Waals surface area contributed by atoms with E-state index < -0.39 is 5.76 Å². The second kappa shape index (κ2) is 7.47. The maximum absolute atomic E-state index is 11.9. The fourth-order valence-electron chi connectivity index (χ4n) is 2.43.